The number of hydrogen-bond donors (Lipinski definition) is 1. The highest BCUT2D eigenvalue weighted by Crippen LogP contribution is 2.31. The van der Waals surface area contributed by atoms with E-state index in [1.54, 1.807) is 11.3 Å². The van der Waals surface area contributed by atoms with Crippen molar-refractivity contribution in [3.05, 3.63) is 52.2 Å². The molecule has 0 fully saturated rings. The summed E-state index contributed by atoms with van der Waals surface area (Å²) in [6, 6.07) is 11.7. The van der Waals surface area contributed by atoms with Gasteiger partial charge in [-0.15, -0.1) is 38.0 Å². The van der Waals surface area contributed by atoms with Crippen molar-refractivity contribution in [2.45, 2.75) is 0 Å². The molecule has 0 saturated carbocycles. The van der Waals surface area contributed by atoms with Crippen molar-refractivity contribution in [3.8, 4) is 21.1 Å². The van der Waals surface area contributed by atoms with Crippen LogP contribution in [-0.2, 0) is 0 Å². The molecule has 0 aliphatic rings. The Morgan fingerprint density at radius 1 is 1.04 bits per heavy atom. The van der Waals surface area contributed by atoms with E-state index in [0.717, 1.165) is 26.1 Å². The Labute approximate surface area is 164 Å². The second kappa shape index (κ2) is 6.44. The number of aromatic nitrogens is 5. The van der Waals surface area contributed by atoms with Gasteiger partial charge in [-0.25, -0.2) is 4.52 Å². The maximum absolute atomic E-state index is 5.97. The Kier molecular flexibility index (Phi) is 3.93. The molecule has 1 N–H and O–H groups in total. The molecule has 0 aliphatic heterocycles. The minimum atomic E-state index is 0.501. The highest BCUT2D eigenvalue weighted by atomic mass is 35.5. The van der Waals surface area contributed by atoms with Gasteiger partial charge in [-0.1, -0.05) is 41.1 Å². The van der Waals surface area contributed by atoms with Crippen molar-refractivity contribution < 1.29 is 0 Å². The molecule has 4 heterocycles. The Hall–Kier alpha value is -2.33. The van der Waals surface area contributed by atoms with Gasteiger partial charge in [0, 0.05) is 16.0 Å². The third-order valence-corrected chi connectivity index (χ3v) is 6.54. The Morgan fingerprint density at radius 2 is 1.92 bits per heavy atom. The van der Waals surface area contributed by atoms with E-state index in [9.17, 15) is 0 Å². The summed E-state index contributed by atoms with van der Waals surface area (Å²) in [7, 11) is 0. The molecule has 0 amide bonds. The normalized spacial score (nSPS) is 11.3. The van der Waals surface area contributed by atoms with Crippen LogP contribution < -0.4 is 5.32 Å². The van der Waals surface area contributed by atoms with Gasteiger partial charge in [0.1, 0.15) is 0 Å². The van der Waals surface area contributed by atoms with E-state index in [2.05, 4.69) is 25.6 Å². The lowest BCUT2D eigenvalue weighted by Gasteiger charge is -1.98. The van der Waals surface area contributed by atoms with E-state index in [-0.39, 0.29) is 0 Å². The number of nitrogens with zero attached hydrogens (tertiary/aromatic N) is 5. The van der Waals surface area contributed by atoms with Gasteiger partial charge < -0.3 is 0 Å². The minimum Gasteiger partial charge on any atom is -0.297 e. The number of fused-ring (bicyclic) bond motifs is 1. The van der Waals surface area contributed by atoms with Crippen molar-refractivity contribution in [2.75, 3.05) is 5.32 Å². The Morgan fingerprint density at radius 3 is 2.73 bits per heavy atom. The summed E-state index contributed by atoms with van der Waals surface area (Å²) in [6.07, 6.45) is 0. The summed E-state index contributed by atoms with van der Waals surface area (Å²) >= 11 is 10.6. The lowest BCUT2D eigenvalue weighted by atomic mass is 10.2. The highest BCUT2D eigenvalue weighted by Gasteiger charge is 2.14. The van der Waals surface area contributed by atoms with Crippen molar-refractivity contribution in [1.82, 2.24) is 24.8 Å². The molecule has 26 heavy (non-hydrogen) atoms. The first-order chi connectivity index (χ1) is 12.8. The lowest BCUT2D eigenvalue weighted by Crippen LogP contribution is -1.93. The summed E-state index contributed by atoms with van der Waals surface area (Å²) in [4.78, 5) is 6.42. The molecule has 1 aromatic carbocycles. The minimum absolute atomic E-state index is 0.501. The summed E-state index contributed by atoms with van der Waals surface area (Å²) in [6.45, 7) is 0. The zero-order valence-electron chi connectivity index (χ0n) is 13.0. The number of rotatable bonds is 4. The van der Waals surface area contributed by atoms with Crippen LogP contribution in [0.3, 0.4) is 0 Å². The maximum atomic E-state index is 5.97. The van der Waals surface area contributed by atoms with E-state index in [0.29, 0.717) is 16.1 Å². The fourth-order valence-electron chi connectivity index (χ4n) is 2.42. The predicted octanol–water partition coefficient (Wildman–Crippen LogP) is 5.43. The fourth-order valence-corrected chi connectivity index (χ4v) is 4.91. The Bertz CT molecular complexity index is 1170. The first-order valence-electron chi connectivity index (χ1n) is 7.51. The number of anilines is 2. The molecule has 5 aromatic rings. The molecule has 0 bridgehead atoms. The average molecular weight is 417 g/mol. The molecule has 6 nitrogen and oxygen atoms in total. The summed E-state index contributed by atoms with van der Waals surface area (Å²) < 4.78 is 1.82. The van der Waals surface area contributed by atoms with Crippen LogP contribution in [0, 0.1) is 0 Å². The van der Waals surface area contributed by atoms with Gasteiger partial charge in [0.25, 0.3) is 0 Å². The summed E-state index contributed by atoms with van der Waals surface area (Å²) in [5.41, 5.74) is 2.01. The molecule has 5 rings (SSSR count). The van der Waals surface area contributed by atoms with Crippen LogP contribution in [0.1, 0.15) is 0 Å². The van der Waals surface area contributed by atoms with E-state index < -0.39 is 0 Å². The van der Waals surface area contributed by atoms with E-state index in [1.807, 2.05) is 51.7 Å². The summed E-state index contributed by atoms with van der Waals surface area (Å²) in [5.74, 6) is 0.501. The fraction of sp³-hybridized carbons (Fsp3) is 0. The lowest BCUT2D eigenvalue weighted by molar-refractivity contribution is 0.986. The Balaban J connectivity index is 1.44. The van der Waals surface area contributed by atoms with E-state index in [1.165, 1.54) is 22.7 Å². The number of thiazole rings is 1. The molecule has 0 radical (unpaired) electrons. The quantitative estimate of drug-likeness (QED) is 0.422. The molecule has 0 aliphatic carbocycles. The first kappa shape index (κ1) is 15.9. The predicted molar refractivity (Wildman–Crippen MR) is 108 cm³/mol. The second-order valence-electron chi connectivity index (χ2n) is 5.27. The second-order valence-corrected chi connectivity index (χ2v) is 8.47. The van der Waals surface area contributed by atoms with Crippen LogP contribution in [0.4, 0.5) is 11.1 Å². The number of thiophene rings is 1. The molecular weight excluding hydrogens is 408 g/mol. The van der Waals surface area contributed by atoms with E-state index in [4.69, 9.17) is 11.6 Å². The van der Waals surface area contributed by atoms with Gasteiger partial charge in [-0.05, 0) is 23.6 Å². The number of benzene rings is 1. The first-order valence-corrected chi connectivity index (χ1v) is 10.5. The third-order valence-electron chi connectivity index (χ3n) is 3.60. The molecule has 10 heteroatoms. The van der Waals surface area contributed by atoms with Gasteiger partial charge in [0.15, 0.2) is 5.01 Å². The molecular formula is C16H9ClN6S3. The highest BCUT2D eigenvalue weighted by molar-refractivity contribution is 7.23. The van der Waals surface area contributed by atoms with E-state index >= 15 is 0 Å². The topological polar surface area (TPSA) is 68.0 Å². The van der Waals surface area contributed by atoms with Crippen LogP contribution in [0.15, 0.2) is 47.2 Å². The van der Waals surface area contributed by atoms with Crippen LogP contribution in [0.5, 0.6) is 0 Å². The van der Waals surface area contributed by atoms with Gasteiger partial charge in [-0.3, -0.25) is 5.32 Å². The maximum Gasteiger partial charge on any atom is 0.250 e. The monoisotopic (exact) mass is 416 g/mol. The molecule has 0 spiro atoms. The number of nitrogens with one attached hydrogen (secondary N) is 1. The zero-order chi connectivity index (χ0) is 17.5. The van der Waals surface area contributed by atoms with Gasteiger partial charge >= 0.3 is 0 Å². The van der Waals surface area contributed by atoms with Crippen molar-refractivity contribution in [2.24, 2.45) is 0 Å². The van der Waals surface area contributed by atoms with Crippen molar-refractivity contribution >= 4 is 61.7 Å². The molecule has 0 saturated heterocycles. The molecule has 4 aromatic heterocycles. The smallest absolute Gasteiger partial charge is 0.250 e. The van der Waals surface area contributed by atoms with Crippen LogP contribution >= 0.6 is 45.6 Å². The van der Waals surface area contributed by atoms with Gasteiger partial charge in [-0.2, -0.15) is 4.98 Å². The van der Waals surface area contributed by atoms with Gasteiger partial charge in [0.2, 0.25) is 16.0 Å². The largest absolute Gasteiger partial charge is 0.297 e. The van der Waals surface area contributed by atoms with Crippen LogP contribution in [-0.4, -0.2) is 24.8 Å². The SMILES string of the molecule is Clc1ccc(-c2csc3nc(Nc4nnc(-c5cccs5)s4)nn23)cc1. The standard InChI is InChI=1S/C16H9ClN6S3/c17-10-5-3-9(4-6-10)11-8-25-16-19-14(22-23(11)16)18-15-21-20-13(26-15)12-2-1-7-24-12/h1-8H,(H,18,21,22). The van der Waals surface area contributed by atoms with Crippen molar-refractivity contribution in [1.29, 1.82) is 0 Å². The molecule has 0 atom stereocenters. The molecule has 0 unspecified atom stereocenters. The third kappa shape index (κ3) is 2.88. The molecule has 128 valence electrons. The average Bonchev–Trinajstić information content (AvgIpc) is 3.40. The van der Waals surface area contributed by atoms with Gasteiger partial charge in [0.05, 0.1) is 10.6 Å². The number of hydrogen-bond acceptors (Lipinski definition) is 8. The van der Waals surface area contributed by atoms with Crippen LogP contribution in [0.25, 0.3) is 26.1 Å². The summed E-state index contributed by atoms with van der Waals surface area (Å²) in [5, 5.41) is 22.4. The van der Waals surface area contributed by atoms with Crippen LogP contribution in [0.2, 0.25) is 5.02 Å². The number of halogens is 1. The van der Waals surface area contributed by atoms with Crippen molar-refractivity contribution in [3.63, 3.8) is 0 Å². The zero-order valence-corrected chi connectivity index (χ0v) is 16.2.